The fraction of sp³-hybridized carbons (Fsp3) is 0.500. The van der Waals surface area contributed by atoms with Crippen molar-refractivity contribution in [2.75, 3.05) is 0 Å². The van der Waals surface area contributed by atoms with Gasteiger partial charge in [-0.1, -0.05) is 26.5 Å². The lowest BCUT2D eigenvalue weighted by Crippen LogP contribution is -1.89. The zero-order valence-electron chi connectivity index (χ0n) is 7.89. The van der Waals surface area contributed by atoms with Crippen LogP contribution in [0.3, 0.4) is 0 Å². The Hall–Kier alpha value is -0.850. The van der Waals surface area contributed by atoms with Crippen LogP contribution in [-0.2, 0) is 0 Å². The van der Waals surface area contributed by atoms with E-state index in [0.717, 1.165) is 5.71 Å². The molecule has 0 unspecified atom stereocenters. The molecular formula is C10H17N. The van der Waals surface area contributed by atoms with Gasteiger partial charge in [-0.25, -0.2) is 0 Å². The van der Waals surface area contributed by atoms with Crippen molar-refractivity contribution < 1.29 is 0 Å². The minimum Gasteiger partial charge on any atom is -0.266 e. The van der Waals surface area contributed by atoms with Crippen LogP contribution < -0.4 is 0 Å². The van der Waals surface area contributed by atoms with Crippen molar-refractivity contribution in [1.29, 1.82) is 0 Å². The third-order valence-corrected chi connectivity index (χ3v) is 1.37. The second-order valence-electron chi connectivity index (χ2n) is 3.06. The fourth-order valence-corrected chi connectivity index (χ4v) is 0.641. The highest BCUT2D eigenvalue weighted by Gasteiger charge is 1.95. The van der Waals surface area contributed by atoms with E-state index in [2.05, 4.69) is 25.4 Å². The first-order valence-electron chi connectivity index (χ1n) is 3.91. The Morgan fingerprint density at radius 3 is 2.18 bits per heavy atom. The van der Waals surface area contributed by atoms with E-state index in [4.69, 9.17) is 0 Å². The SMILES string of the molecule is C=C/C(=C\N=C(C)C)C(C)C. The van der Waals surface area contributed by atoms with Gasteiger partial charge in [-0.15, -0.1) is 0 Å². The van der Waals surface area contributed by atoms with Crippen molar-refractivity contribution >= 4 is 5.71 Å². The van der Waals surface area contributed by atoms with Crippen LogP contribution in [0.25, 0.3) is 0 Å². The van der Waals surface area contributed by atoms with Crippen molar-refractivity contribution in [3.8, 4) is 0 Å². The Bertz CT molecular complexity index is 181. The summed E-state index contributed by atoms with van der Waals surface area (Å²) in [5.74, 6) is 0.510. The zero-order valence-corrected chi connectivity index (χ0v) is 7.89. The first-order chi connectivity index (χ1) is 5.07. The van der Waals surface area contributed by atoms with Gasteiger partial charge in [-0.3, -0.25) is 4.99 Å². The van der Waals surface area contributed by atoms with E-state index in [1.807, 2.05) is 26.1 Å². The lowest BCUT2D eigenvalue weighted by molar-refractivity contribution is 0.789. The second kappa shape index (κ2) is 4.89. The summed E-state index contributed by atoms with van der Waals surface area (Å²) < 4.78 is 0. The molecule has 0 N–H and O–H groups in total. The van der Waals surface area contributed by atoms with Gasteiger partial charge < -0.3 is 0 Å². The number of hydrogen-bond acceptors (Lipinski definition) is 1. The normalized spacial score (nSPS) is 11.5. The molecule has 0 saturated heterocycles. The molecule has 0 aromatic heterocycles. The molecule has 0 aliphatic heterocycles. The van der Waals surface area contributed by atoms with Crippen molar-refractivity contribution in [2.24, 2.45) is 10.9 Å². The summed E-state index contributed by atoms with van der Waals surface area (Å²) in [4.78, 5) is 4.20. The van der Waals surface area contributed by atoms with Gasteiger partial charge in [0.25, 0.3) is 0 Å². The van der Waals surface area contributed by atoms with Gasteiger partial charge in [0.2, 0.25) is 0 Å². The molecule has 1 nitrogen and oxygen atoms in total. The monoisotopic (exact) mass is 151 g/mol. The third-order valence-electron chi connectivity index (χ3n) is 1.37. The number of rotatable bonds is 3. The number of allylic oxidation sites excluding steroid dienone is 2. The molecule has 0 heterocycles. The van der Waals surface area contributed by atoms with E-state index >= 15 is 0 Å². The van der Waals surface area contributed by atoms with E-state index in [9.17, 15) is 0 Å². The second-order valence-corrected chi connectivity index (χ2v) is 3.06. The summed E-state index contributed by atoms with van der Waals surface area (Å²) in [7, 11) is 0. The molecule has 0 fully saturated rings. The molecule has 0 atom stereocenters. The van der Waals surface area contributed by atoms with Gasteiger partial charge in [-0.2, -0.15) is 0 Å². The average Bonchev–Trinajstić information content (AvgIpc) is 1.87. The molecule has 62 valence electrons. The standard InChI is InChI=1S/C10H17N/c1-6-10(8(2)3)7-11-9(4)5/h6-8H,1H2,2-5H3/b10-7+. The molecule has 0 amide bonds. The van der Waals surface area contributed by atoms with Gasteiger partial charge in [0.15, 0.2) is 0 Å². The largest absolute Gasteiger partial charge is 0.266 e. The van der Waals surface area contributed by atoms with Crippen molar-refractivity contribution in [2.45, 2.75) is 27.7 Å². The average molecular weight is 151 g/mol. The molecule has 1 heteroatoms. The van der Waals surface area contributed by atoms with Crippen molar-refractivity contribution in [3.63, 3.8) is 0 Å². The van der Waals surface area contributed by atoms with Crippen LogP contribution in [-0.4, -0.2) is 5.71 Å². The first kappa shape index (κ1) is 10.2. The molecule has 0 aromatic rings. The predicted octanol–water partition coefficient (Wildman–Crippen LogP) is 3.19. The van der Waals surface area contributed by atoms with Gasteiger partial charge in [0, 0.05) is 11.9 Å². The first-order valence-corrected chi connectivity index (χ1v) is 3.91. The Morgan fingerprint density at radius 2 is 1.91 bits per heavy atom. The van der Waals surface area contributed by atoms with Crippen LogP contribution in [0, 0.1) is 5.92 Å². The fourth-order valence-electron chi connectivity index (χ4n) is 0.641. The molecule has 0 saturated carbocycles. The molecular weight excluding hydrogens is 134 g/mol. The molecule has 0 bridgehead atoms. The molecule has 0 aliphatic rings. The lowest BCUT2D eigenvalue weighted by Gasteiger charge is -2.02. The summed E-state index contributed by atoms with van der Waals surface area (Å²) in [6, 6.07) is 0. The summed E-state index contributed by atoms with van der Waals surface area (Å²) in [5, 5.41) is 0. The van der Waals surface area contributed by atoms with Crippen LogP contribution in [0.4, 0.5) is 0 Å². The highest BCUT2D eigenvalue weighted by atomic mass is 14.7. The Labute approximate surface area is 69.5 Å². The molecule has 0 spiro atoms. The molecule has 11 heavy (non-hydrogen) atoms. The lowest BCUT2D eigenvalue weighted by atomic mass is 10.1. The molecule has 0 rings (SSSR count). The summed E-state index contributed by atoms with van der Waals surface area (Å²) in [5.41, 5.74) is 2.26. The summed E-state index contributed by atoms with van der Waals surface area (Å²) in [6.07, 6.45) is 3.74. The smallest absolute Gasteiger partial charge is 0.0301 e. The maximum atomic E-state index is 4.20. The third kappa shape index (κ3) is 4.54. The quantitative estimate of drug-likeness (QED) is 0.434. The van der Waals surface area contributed by atoms with E-state index in [1.54, 1.807) is 0 Å². The van der Waals surface area contributed by atoms with Crippen LogP contribution in [0.5, 0.6) is 0 Å². The Kier molecular flexibility index (Phi) is 4.51. The zero-order chi connectivity index (χ0) is 8.85. The van der Waals surface area contributed by atoms with Crippen LogP contribution in [0.2, 0.25) is 0 Å². The van der Waals surface area contributed by atoms with Gasteiger partial charge in [0.05, 0.1) is 0 Å². The number of aliphatic imine (C=N–C) groups is 1. The van der Waals surface area contributed by atoms with Crippen LogP contribution in [0.1, 0.15) is 27.7 Å². The predicted molar refractivity (Wildman–Crippen MR) is 51.9 cm³/mol. The van der Waals surface area contributed by atoms with E-state index < -0.39 is 0 Å². The summed E-state index contributed by atoms with van der Waals surface area (Å²) >= 11 is 0. The van der Waals surface area contributed by atoms with E-state index in [-0.39, 0.29) is 0 Å². The van der Waals surface area contributed by atoms with Crippen molar-refractivity contribution in [3.05, 3.63) is 24.4 Å². The highest BCUT2D eigenvalue weighted by molar-refractivity contribution is 5.79. The van der Waals surface area contributed by atoms with E-state index in [0.29, 0.717) is 5.92 Å². The summed E-state index contributed by atoms with van der Waals surface area (Å²) in [6.45, 7) is 12.0. The Morgan fingerprint density at radius 1 is 1.36 bits per heavy atom. The minimum absolute atomic E-state index is 0.510. The van der Waals surface area contributed by atoms with Crippen molar-refractivity contribution in [1.82, 2.24) is 0 Å². The number of nitrogens with zero attached hydrogens (tertiary/aromatic N) is 1. The molecule has 0 aliphatic carbocycles. The van der Waals surface area contributed by atoms with Crippen LogP contribution in [0.15, 0.2) is 29.4 Å². The van der Waals surface area contributed by atoms with Crippen LogP contribution >= 0.6 is 0 Å². The highest BCUT2D eigenvalue weighted by Crippen LogP contribution is 2.09. The molecule has 0 aromatic carbocycles. The van der Waals surface area contributed by atoms with E-state index in [1.165, 1.54) is 5.57 Å². The van der Waals surface area contributed by atoms with Gasteiger partial charge in [0.1, 0.15) is 0 Å². The van der Waals surface area contributed by atoms with Gasteiger partial charge >= 0.3 is 0 Å². The Balaban J connectivity index is 4.36. The topological polar surface area (TPSA) is 12.4 Å². The van der Waals surface area contributed by atoms with Gasteiger partial charge in [-0.05, 0) is 25.3 Å². The maximum Gasteiger partial charge on any atom is 0.0301 e. The number of hydrogen-bond donors (Lipinski definition) is 0. The molecule has 0 radical (unpaired) electrons. The minimum atomic E-state index is 0.510. The maximum absolute atomic E-state index is 4.20.